The van der Waals surface area contributed by atoms with Crippen molar-refractivity contribution < 1.29 is 8.85 Å². The van der Waals surface area contributed by atoms with Crippen molar-refractivity contribution in [2.24, 2.45) is 5.73 Å². The third-order valence-electron chi connectivity index (χ3n) is 2.39. The van der Waals surface area contributed by atoms with Crippen LogP contribution in [0.5, 0.6) is 0 Å². The van der Waals surface area contributed by atoms with Gasteiger partial charge in [-0.3, -0.25) is 0 Å². The third-order valence-corrected chi connectivity index (χ3v) is 6.25. The molecule has 0 unspecified atom stereocenters. The molecule has 0 radical (unpaired) electrons. The molecule has 3 nitrogen and oxygen atoms in total. The predicted octanol–water partition coefficient (Wildman–Crippen LogP) is 1.87. The molecule has 80 valence electrons. The Morgan fingerprint density at radius 3 is 2.08 bits per heavy atom. The molecular weight excluding hydrogens is 182 g/mol. The van der Waals surface area contributed by atoms with Gasteiger partial charge in [0.2, 0.25) is 0 Å². The number of nitrogens with two attached hydrogens (primary N) is 1. The van der Waals surface area contributed by atoms with Crippen LogP contribution in [0.3, 0.4) is 0 Å². The highest BCUT2D eigenvalue weighted by atomic mass is 28.4. The monoisotopic (exact) mass is 205 g/mol. The van der Waals surface area contributed by atoms with Crippen molar-refractivity contribution in [3.8, 4) is 0 Å². The van der Waals surface area contributed by atoms with E-state index < -0.39 is 8.56 Å². The van der Waals surface area contributed by atoms with E-state index in [9.17, 15) is 0 Å². The number of hydrogen-bond donors (Lipinski definition) is 1. The summed E-state index contributed by atoms with van der Waals surface area (Å²) in [6.45, 7) is 2.94. The van der Waals surface area contributed by atoms with Gasteiger partial charge in [-0.15, -0.1) is 0 Å². The van der Waals surface area contributed by atoms with Gasteiger partial charge in [-0.05, 0) is 25.1 Å². The predicted molar refractivity (Wildman–Crippen MR) is 58.0 cm³/mol. The van der Waals surface area contributed by atoms with Crippen LogP contribution >= 0.6 is 0 Å². The summed E-state index contributed by atoms with van der Waals surface area (Å²) in [4.78, 5) is 0. The van der Waals surface area contributed by atoms with Gasteiger partial charge in [0.15, 0.2) is 0 Å². The van der Waals surface area contributed by atoms with Gasteiger partial charge in [-0.2, -0.15) is 0 Å². The summed E-state index contributed by atoms with van der Waals surface area (Å²) >= 11 is 0. The average molecular weight is 205 g/mol. The molecule has 0 aliphatic rings. The Hall–Kier alpha value is 0.0969. The molecule has 0 rings (SSSR count). The summed E-state index contributed by atoms with van der Waals surface area (Å²) in [6.07, 6.45) is 3.34. The third kappa shape index (κ3) is 4.76. The fourth-order valence-electron chi connectivity index (χ4n) is 1.54. The molecule has 0 aliphatic heterocycles. The van der Waals surface area contributed by atoms with Crippen LogP contribution in [0.1, 0.15) is 26.2 Å². The Bertz CT molecular complexity index is 118. The largest absolute Gasteiger partial charge is 0.398 e. The second-order valence-corrected chi connectivity index (χ2v) is 6.95. The highest BCUT2D eigenvalue weighted by molar-refractivity contribution is 6.67. The highest BCUT2D eigenvalue weighted by Gasteiger charge is 2.33. The van der Waals surface area contributed by atoms with Crippen molar-refractivity contribution in [3.05, 3.63) is 0 Å². The summed E-state index contributed by atoms with van der Waals surface area (Å²) in [6, 6.07) is 2.16. The number of hydrogen-bond acceptors (Lipinski definition) is 3. The van der Waals surface area contributed by atoms with Gasteiger partial charge in [0.25, 0.3) is 0 Å². The van der Waals surface area contributed by atoms with E-state index in [-0.39, 0.29) is 0 Å². The highest BCUT2D eigenvalue weighted by Crippen LogP contribution is 2.21. The van der Waals surface area contributed by atoms with Crippen LogP contribution in [0.15, 0.2) is 0 Å². The van der Waals surface area contributed by atoms with E-state index in [1.54, 1.807) is 14.2 Å². The van der Waals surface area contributed by atoms with Crippen LogP contribution in [0, 0.1) is 0 Å². The summed E-state index contributed by atoms with van der Waals surface area (Å²) in [5, 5.41) is 0. The summed E-state index contributed by atoms with van der Waals surface area (Å²) < 4.78 is 11.1. The molecule has 0 bridgehead atoms. The van der Waals surface area contributed by atoms with Crippen molar-refractivity contribution in [1.82, 2.24) is 0 Å². The summed E-state index contributed by atoms with van der Waals surface area (Å²) in [5.74, 6) is 0. The first-order valence-corrected chi connectivity index (χ1v) is 7.28. The first kappa shape index (κ1) is 13.1. The molecule has 4 heteroatoms. The Labute approximate surface area is 82.9 Å². The molecule has 0 saturated carbocycles. The molecule has 13 heavy (non-hydrogen) atoms. The van der Waals surface area contributed by atoms with Gasteiger partial charge in [0, 0.05) is 14.2 Å². The van der Waals surface area contributed by atoms with E-state index in [0.717, 1.165) is 37.9 Å². The lowest BCUT2D eigenvalue weighted by atomic mass is 10.3. The SMILES string of the molecule is CCC[Si](CCCCN)(OC)OC. The fourth-order valence-corrected chi connectivity index (χ4v) is 4.32. The lowest BCUT2D eigenvalue weighted by molar-refractivity contribution is 0.239. The van der Waals surface area contributed by atoms with Crippen LogP contribution < -0.4 is 5.73 Å². The van der Waals surface area contributed by atoms with Gasteiger partial charge < -0.3 is 14.6 Å². The standard InChI is InChI=1S/C9H23NO2Si/c1-4-8-13(11-2,12-3)9-6-5-7-10/h4-10H2,1-3H3. The topological polar surface area (TPSA) is 44.5 Å². The van der Waals surface area contributed by atoms with E-state index in [4.69, 9.17) is 14.6 Å². The molecule has 0 aliphatic carbocycles. The smallest absolute Gasteiger partial charge is 0.337 e. The minimum atomic E-state index is -1.84. The first-order valence-electron chi connectivity index (χ1n) is 5.05. The maximum Gasteiger partial charge on any atom is 0.337 e. The second kappa shape index (κ2) is 7.50. The molecule has 0 saturated heterocycles. The normalized spacial score (nSPS) is 12.0. The molecule has 0 heterocycles. The molecule has 0 aromatic heterocycles. The lowest BCUT2D eigenvalue weighted by Gasteiger charge is -2.26. The van der Waals surface area contributed by atoms with Crippen molar-refractivity contribution in [3.63, 3.8) is 0 Å². The zero-order chi connectivity index (χ0) is 10.2. The van der Waals surface area contributed by atoms with E-state index in [2.05, 4.69) is 6.92 Å². The Kier molecular flexibility index (Phi) is 7.55. The molecule has 0 fully saturated rings. The van der Waals surface area contributed by atoms with Gasteiger partial charge >= 0.3 is 8.56 Å². The summed E-state index contributed by atoms with van der Waals surface area (Å²) in [7, 11) is 1.71. The van der Waals surface area contributed by atoms with Crippen molar-refractivity contribution >= 4 is 8.56 Å². The zero-order valence-electron chi connectivity index (χ0n) is 9.14. The van der Waals surface area contributed by atoms with Gasteiger partial charge in [0.1, 0.15) is 0 Å². The van der Waals surface area contributed by atoms with E-state index in [0.29, 0.717) is 0 Å². The Balaban J connectivity index is 3.89. The number of rotatable bonds is 8. The number of unbranched alkanes of at least 4 members (excludes halogenated alkanes) is 1. The van der Waals surface area contributed by atoms with Crippen LogP contribution in [0.4, 0.5) is 0 Å². The minimum Gasteiger partial charge on any atom is -0.398 e. The molecule has 0 aromatic rings. The molecule has 0 amide bonds. The Morgan fingerprint density at radius 2 is 1.69 bits per heavy atom. The van der Waals surface area contributed by atoms with Crippen molar-refractivity contribution in [2.75, 3.05) is 20.8 Å². The fraction of sp³-hybridized carbons (Fsp3) is 1.00. The first-order chi connectivity index (χ1) is 6.24. The van der Waals surface area contributed by atoms with Crippen LogP contribution in [-0.4, -0.2) is 29.3 Å². The average Bonchev–Trinajstić information content (AvgIpc) is 2.17. The maximum absolute atomic E-state index is 5.55. The zero-order valence-corrected chi connectivity index (χ0v) is 10.1. The van der Waals surface area contributed by atoms with Crippen LogP contribution in [-0.2, 0) is 8.85 Å². The van der Waals surface area contributed by atoms with Crippen LogP contribution in [0.25, 0.3) is 0 Å². The van der Waals surface area contributed by atoms with Gasteiger partial charge in [0.05, 0.1) is 0 Å². The maximum atomic E-state index is 5.55. The van der Waals surface area contributed by atoms with Crippen LogP contribution in [0.2, 0.25) is 12.1 Å². The molecular formula is C9H23NO2Si. The summed E-state index contributed by atoms with van der Waals surface area (Å²) in [5.41, 5.74) is 5.45. The van der Waals surface area contributed by atoms with Gasteiger partial charge in [-0.1, -0.05) is 19.8 Å². The van der Waals surface area contributed by atoms with Gasteiger partial charge in [-0.25, -0.2) is 0 Å². The molecule has 2 N–H and O–H groups in total. The van der Waals surface area contributed by atoms with Crippen molar-refractivity contribution in [1.29, 1.82) is 0 Å². The van der Waals surface area contributed by atoms with E-state index in [1.807, 2.05) is 0 Å². The second-order valence-electron chi connectivity index (χ2n) is 3.31. The molecule has 0 spiro atoms. The minimum absolute atomic E-state index is 0.768. The van der Waals surface area contributed by atoms with Crippen molar-refractivity contribution in [2.45, 2.75) is 38.3 Å². The lowest BCUT2D eigenvalue weighted by Crippen LogP contribution is -2.39. The van der Waals surface area contributed by atoms with E-state index in [1.165, 1.54) is 0 Å². The Morgan fingerprint density at radius 1 is 1.08 bits per heavy atom. The van der Waals surface area contributed by atoms with E-state index >= 15 is 0 Å². The quantitative estimate of drug-likeness (QED) is 0.486. The molecule has 0 atom stereocenters. The molecule has 0 aromatic carbocycles.